The number of carbonyl (C=O) groups excluding carboxylic acids is 1. The zero-order valence-electron chi connectivity index (χ0n) is 12.3. The number of nitro groups is 1. The number of rotatable bonds is 4. The number of amides is 1. The molecule has 0 bridgehead atoms. The molecule has 116 valence electrons. The molecule has 8 heteroatoms. The summed E-state index contributed by atoms with van der Waals surface area (Å²) in [6, 6.07) is 3.72. The van der Waals surface area contributed by atoms with E-state index >= 15 is 0 Å². The maximum Gasteiger partial charge on any atom is 0.269 e. The van der Waals surface area contributed by atoms with Gasteiger partial charge in [-0.15, -0.1) is 0 Å². The van der Waals surface area contributed by atoms with Crippen LogP contribution in [0.1, 0.15) is 24.2 Å². The first kappa shape index (κ1) is 16.0. The summed E-state index contributed by atoms with van der Waals surface area (Å²) in [7, 11) is 0. The van der Waals surface area contributed by atoms with E-state index in [1.165, 1.54) is 29.1 Å². The Kier molecular flexibility index (Phi) is 4.46. The number of hydrogen-bond donors (Lipinski definition) is 1. The maximum atomic E-state index is 12.3. The second-order valence-electron chi connectivity index (χ2n) is 4.94. The number of carbonyl (C=O) groups is 1. The number of aromatic nitrogens is 2. The lowest BCUT2D eigenvalue weighted by molar-refractivity contribution is -0.384. The molecule has 1 N–H and O–H groups in total. The Bertz CT molecular complexity index is 742. The van der Waals surface area contributed by atoms with E-state index in [1.807, 2.05) is 0 Å². The van der Waals surface area contributed by atoms with Gasteiger partial charge in [0, 0.05) is 17.8 Å². The van der Waals surface area contributed by atoms with Crippen molar-refractivity contribution < 1.29 is 9.72 Å². The summed E-state index contributed by atoms with van der Waals surface area (Å²) in [6.45, 7) is 5.17. The maximum absolute atomic E-state index is 12.3. The molecule has 0 saturated carbocycles. The summed E-state index contributed by atoms with van der Waals surface area (Å²) in [6.07, 6.45) is 1.48. The Labute approximate surface area is 132 Å². The number of benzene rings is 1. The number of halogens is 1. The minimum Gasteiger partial charge on any atom is -0.324 e. The van der Waals surface area contributed by atoms with Gasteiger partial charge in [-0.05, 0) is 32.4 Å². The minimum atomic E-state index is -0.554. The van der Waals surface area contributed by atoms with Crippen molar-refractivity contribution in [1.82, 2.24) is 9.78 Å². The number of non-ortho nitro benzene ring substituents is 1. The minimum absolute atomic E-state index is 0.0155. The average molecular weight is 323 g/mol. The molecule has 1 heterocycles. The molecule has 1 aromatic carbocycles. The van der Waals surface area contributed by atoms with Crippen molar-refractivity contribution >= 4 is 28.9 Å². The van der Waals surface area contributed by atoms with Crippen LogP contribution in [-0.2, 0) is 4.79 Å². The van der Waals surface area contributed by atoms with Gasteiger partial charge in [0.25, 0.3) is 5.69 Å². The van der Waals surface area contributed by atoms with Crippen molar-refractivity contribution in [2.45, 2.75) is 26.8 Å². The third kappa shape index (κ3) is 3.09. The number of nitrogens with one attached hydrogen (secondary N) is 1. The van der Waals surface area contributed by atoms with Gasteiger partial charge in [-0.25, -0.2) is 0 Å². The van der Waals surface area contributed by atoms with E-state index in [1.54, 1.807) is 20.8 Å². The van der Waals surface area contributed by atoms with E-state index in [0.717, 1.165) is 0 Å². The Balaban J connectivity index is 2.18. The Hall–Kier alpha value is -2.41. The molecule has 1 amide bonds. The summed E-state index contributed by atoms with van der Waals surface area (Å²) in [5.41, 5.74) is 1.83. The van der Waals surface area contributed by atoms with Crippen molar-refractivity contribution in [2.75, 3.05) is 5.32 Å². The predicted octanol–water partition coefficient (Wildman–Crippen LogP) is 3.26. The van der Waals surface area contributed by atoms with Crippen LogP contribution in [0.3, 0.4) is 0 Å². The molecular weight excluding hydrogens is 308 g/mol. The third-order valence-corrected chi connectivity index (χ3v) is 3.78. The van der Waals surface area contributed by atoms with Crippen LogP contribution >= 0.6 is 11.6 Å². The van der Waals surface area contributed by atoms with E-state index in [9.17, 15) is 14.9 Å². The van der Waals surface area contributed by atoms with Crippen molar-refractivity contribution in [3.8, 4) is 0 Å². The van der Waals surface area contributed by atoms with Gasteiger partial charge >= 0.3 is 0 Å². The smallest absolute Gasteiger partial charge is 0.269 e. The summed E-state index contributed by atoms with van der Waals surface area (Å²) < 4.78 is 1.53. The number of hydrogen-bond acceptors (Lipinski definition) is 4. The molecule has 0 aliphatic heterocycles. The fourth-order valence-electron chi connectivity index (χ4n) is 2.04. The number of anilines is 1. The highest BCUT2D eigenvalue weighted by Gasteiger charge is 2.20. The van der Waals surface area contributed by atoms with E-state index < -0.39 is 11.0 Å². The van der Waals surface area contributed by atoms with Crippen molar-refractivity contribution in [3.05, 3.63) is 50.8 Å². The molecule has 0 saturated heterocycles. The molecule has 0 fully saturated rings. The number of aryl methyl sites for hydroxylation is 1. The molecular formula is C14H15ClN4O3. The quantitative estimate of drug-likeness (QED) is 0.691. The van der Waals surface area contributed by atoms with Crippen molar-refractivity contribution in [2.24, 2.45) is 0 Å². The normalized spacial score (nSPS) is 12.0. The van der Waals surface area contributed by atoms with Crippen LogP contribution in [0, 0.1) is 24.0 Å². The molecule has 1 unspecified atom stereocenters. The fraction of sp³-hybridized carbons (Fsp3) is 0.286. The number of nitro benzene ring substituents is 1. The lowest BCUT2D eigenvalue weighted by Crippen LogP contribution is -2.25. The van der Waals surface area contributed by atoms with Crippen LogP contribution < -0.4 is 5.32 Å². The third-order valence-electron chi connectivity index (χ3n) is 3.41. The standard InChI is InChI=1S/C14H15ClN4O3/c1-8-6-11(19(21)22)4-5-13(8)17-14(20)10(3)18-9(2)12(15)7-16-18/h4-7,10H,1-3H3,(H,17,20). The van der Waals surface area contributed by atoms with Gasteiger partial charge in [-0.1, -0.05) is 11.6 Å². The van der Waals surface area contributed by atoms with E-state index in [0.29, 0.717) is 22.0 Å². The summed E-state index contributed by atoms with van der Waals surface area (Å²) in [4.78, 5) is 22.5. The van der Waals surface area contributed by atoms with Crippen LogP contribution in [0.15, 0.2) is 24.4 Å². The SMILES string of the molecule is Cc1cc([N+](=O)[O-])ccc1NC(=O)C(C)n1ncc(Cl)c1C. The van der Waals surface area contributed by atoms with Gasteiger partial charge < -0.3 is 5.32 Å². The van der Waals surface area contributed by atoms with Gasteiger partial charge in [0.2, 0.25) is 5.91 Å². The van der Waals surface area contributed by atoms with Gasteiger partial charge in [0.05, 0.1) is 21.8 Å². The van der Waals surface area contributed by atoms with Gasteiger partial charge in [-0.2, -0.15) is 5.10 Å². The average Bonchev–Trinajstić information content (AvgIpc) is 2.80. The van der Waals surface area contributed by atoms with Crippen LogP contribution in [-0.4, -0.2) is 20.6 Å². The Morgan fingerprint density at radius 2 is 2.14 bits per heavy atom. The molecule has 22 heavy (non-hydrogen) atoms. The van der Waals surface area contributed by atoms with Crippen LogP contribution in [0.2, 0.25) is 5.02 Å². The van der Waals surface area contributed by atoms with E-state index in [2.05, 4.69) is 10.4 Å². The molecule has 0 aliphatic carbocycles. The first-order valence-electron chi connectivity index (χ1n) is 6.56. The predicted molar refractivity (Wildman–Crippen MR) is 83.1 cm³/mol. The molecule has 7 nitrogen and oxygen atoms in total. The largest absolute Gasteiger partial charge is 0.324 e. The highest BCUT2D eigenvalue weighted by atomic mass is 35.5. The molecule has 0 spiro atoms. The zero-order chi connectivity index (χ0) is 16.4. The molecule has 0 aliphatic rings. The van der Waals surface area contributed by atoms with Gasteiger partial charge in [-0.3, -0.25) is 19.6 Å². The summed E-state index contributed by atoms with van der Waals surface area (Å²) in [5, 5.41) is 18.0. The second kappa shape index (κ2) is 6.15. The fourth-order valence-corrected chi connectivity index (χ4v) is 2.17. The van der Waals surface area contributed by atoms with Crippen molar-refractivity contribution in [1.29, 1.82) is 0 Å². The van der Waals surface area contributed by atoms with E-state index in [-0.39, 0.29) is 11.6 Å². The topological polar surface area (TPSA) is 90.1 Å². The van der Waals surface area contributed by atoms with Crippen LogP contribution in [0.5, 0.6) is 0 Å². The first-order valence-corrected chi connectivity index (χ1v) is 6.94. The Morgan fingerprint density at radius 1 is 1.45 bits per heavy atom. The lowest BCUT2D eigenvalue weighted by Gasteiger charge is -2.15. The number of nitrogens with zero attached hydrogens (tertiary/aromatic N) is 3. The molecule has 0 radical (unpaired) electrons. The molecule has 1 aromatic heterocycles. The molecule has 2 rings (SSSR count). The van der Waals surface area contributed by atoms with E-state index in [4.69, 9.17) is 11.6 Å². The molecule has 1 atom stereocenters. The zero-order valence-corrected chi connectivity index (χ0v) is 13.1. The van der Waals surface area contributed by atoms with Gasteiger partial charge in [0.1, 0.15) is 6.04 Å². The van der Waals surface area contributed by atoms with Crippen LogP contribution in [0.4, 0.5) is 11.4 Å². The van der Waals surface area contributed by atoms with Crippen LogP contribution in [0.25, 0.3) is 0 Å². The highest BCUT2D eigenvalue weighted by Crippen LogP contribution is 2.23. The van der Waals surface area contributed by atoms with Crippen molar-refractivity contribution in [3.63, 3.8) is 0 Å². The highest BCUT2D eigenvalue weighted by molar-refractivity contribution is 6.31. The monoisotopic (exact) mass is 322 g/mol. The Morgan fingerprint density at radius 3 is 2.64 bits per heavy atom. The first-order chi connectivity index (χ1) is 10.3. The molecule has 2 aromatic rings. The second-order valence-corrected chi connectivity index (χ2v) is 5.35. The lowest BCUT2D eigenvalue weighted by atomic mass is 10.1. The van der Waals surface area contributed by atoms with Gasteiger partial charge in [0.15, 0.2) is 0 Å². The summed E-state index contributed by atoms with van der Waals surface area (Å²) >= 11 is 5.93. The summed E-state index contributed by atoms with van der Waals surface area (Å²) in [5.74, 6) is -0.278.